The molecule has 0 amide bonds. The zero-order valence-electron chi connectivity index (χ0n) is 9.18. The van der Waals surface area contributed by atoms with Gasteiger partial charge in [0.05, 0.1) is 6.10 Å². The molecule has 1 fully saturated rings. The number of hydrogen-bond donors (Lipinski definition) is 1. The van der Waals surface area contributed by atoms with Crippen LogP contribution in [0.2, 0.25) is 0 Å². The molecule has 2 rings (SSSR count). The van der Waals surface area contributed by atoms with Crippen LogP contribution in [0.4, 0.5) is 0 Å². The number of hydrogen-bond acceptors (Lipinski definition) is 4. The number of methoxy groups -OCH3 is 1. The summed E-state index contributed by atoms with van der Waals surface area (Å²) in [5.74, 6) is -0.840. The van der Waals surface area contributed by atoms with Crippen molar-refractivity contribution in [3.8, 4) is 0 Å². The van der Waals surface area contributed by atoms with E-state index < -0.39 is 5.97 Å². The Hall–Kier alpha value is -0.910. The van der Waals surface area contributed by atoms with E-state index in [0.717, 1.165) is 30.9 Å². The maximum absolute atomic E-state index is 10.7. The van der Waals surface area contributed by atoms with Gasteiger partial charge in [-0.2, -0.15) is 0 Å². The van der Waals surface area contributed by atoms with Gasteiger partial charge in [0.2, 0.25) is 0 Å². The molecule has 0 aromatic carbocycles. The normalized spacial score (nSPS) is 21.4. The largest absolute Gasteiger partial charge is 0.477 e. The molecule has 0 radical (unpaired) electrons. The first-order valence-electron chi connectivity index (χ1n) is 5.26. The molecule has 0 bridgehead atoms. The molecule has 88 valence electrons. The standard InChI is InChI=1S/C11H15NO3S/c1-15-8-4-5-12(6-8)7-9-2-3-10(16-9)11(13)14/h2-3,8H,4-7H2,1H3,(H,13,14). The van der Waals surface area contributed by atoms with Gasteiger partial charge in [0.1, 0.15) is 4.88 Å². The SMILES string of the molecule is COC1CCN(Cc2ccc(C(=O)O)s2)C1. The number of ether oxygens (including phenoxy) is 1. The van der Waals surface area contributed by atoms with Gasteiger partial charge < -0.3 is 9.84 Å². The summed E-state index contributed by atoms with van der Waals surface area (Å²) in [4.78, 5) is 14.5. The Kier molecular flexibility index (Phi) is 3.58. The van der Waals surface area contributed by atoms with Gasteiger partial charge in [0.25, 0.3) is 0 Å². The van der Waals surface area contributed by atoms with Crippen LogP contribution in [0.3, 0.4) is 0 Å². The van der Waals surface area contributed by atoms with E-state index in [2.05, 4.69) is 4.90 Å². The van der Waals surface area contributed by atoms with Crippen LogP contribution in [-0.2, 0) is 11.3 Å². The van der Waals surface area contributed by atoms with Crippen LogP contribution in [0.25, 0.3) is 0 Å². The molecular formula is C11H15NO3S. The van der Waals surface area contributed by atoms with Crippen molar-refractivity contribution < 1.29 is 14.6 Å². The highest BCUT2D eigenvalue weighted by Crippen LogP contribution is 2.21. The Bertz CT molecular complexity index is 377. The van der Waals surface area contributed by atoms with Crippen LogP contribution in [0.1, 0.15) is 21.0 Å². The first kappa shape index (κ1) is 11.6. The molecule has 2 heterocycles. The molecule has 1 aliphatic heterocycles. The summed E-state index contributed by atoms with van der Waals surface area (Å²) in [5, 5.41) is 8.82. The molecule has 0 spiro atoms. The lowest BCUT2D eigenvalue weighted by atomic mass is 10.3. The number of carboxylic acids is 1. The summed E-state index contributed by atoms with van der Waals surface area (Å²) in [6.07, 6.45) is 1.40. The summed E-state index contributed by atoms with van der Waals surface area (Å²) >= 11 is 1.35. The van der Waals surface area contributed by atoms with Crippen molar-refractivity contribution in [2.75, 3.05) is 20.2 Å². The van der Waals surface area contributed by atoms with Gasteiger partial charge in [0, 0.05) is 31.6 Å². The number of rotatable bonds is 4. The minimum Gasteiger partial charge on any atom is -0.477 e. The monoisotopic (exact) mass is 241 g/mol. The molecule has 4 nitrogen and oxygen atoms in total. The number of likely N-dealkylation sites (tertiary alicyclic amines) is 1. The van der Waals surface area contributed by atoms with E-state index in [1.807, 2.05) is 6.07 Å². The minimum atomic E-state index is -0.840. The number of aromatic carboxylic acids is 1. The molecule has 1 unspecified atom stereocenters. The van der Waals surface area contributed by atoms with Crippen molar-refractivity contribution in [2.24, 2.45) is 0 Å². The zero-order chi connectivity index (χ0) is 11.5. The molecule has 1 N–H and O–H groups in total. The van der Waals surface area contributed by atoms with Crippen molar-refractivity contribution in [1.82, 2.24) is 4.90 Å². The number of carboxylic acid groups (broad SMARTS) is 1. The van der Waals surface area contributed by atoms with Crippen LogP contribution < -0.4 is 0 Å². The molecule has 1 aromatic heterocycles. The number of nitrogens with zero attached hydrogens (tertiary/aromatic N) is 1. The topological polar surface area (TPSA) is 49.8 Å². The highest BCUT2D eigenvalue weighted by Gasteiger charge is 2.22. The fourth-order valence-electron chi connectivity index (χ4n) is 1.93. The van der Waals surface area contributed by atoms with E-state index in [-0.39, 0.29) is 0 Å². The molecule has 5 heteroatoms. The summed E-state index contributed by atoms with van der Waals surface area (Å²) in [6.45, 7) is 2.80. The average molecular weight is 241 g/mol. The van der Waals surface area contributed by atoms with Gasteiger partial charge in [-0.25, -0.2) is 4.79 Å². The smallest absolute Gasteiger partial charge is 0.345 e. The second-order valence-corrected chi connectivity index (χ2v) is 5.12. The van der Waals surface area contributed by atoms with Crippen molar-refractivity contribution in [3.05, 3.63) is 21.9 Å². The zero-order valence-corrected chi connectivity index (χ0v) is 10.00. The summed E-state index contributed by atoms with van der Waals surface area (Å²) < 4.78 is 5.29. The van der Waals surface area contributed by atoms with Crippen LogP contribution >= 0.6 is 11.3 Å². The van der Waals surface area contributed by atoms with E-state index in [4.69, 9.17) is 9.84 Å². The highest BCUT2D eigenvalue weighted by atomic mass is 32.1. The van der Waals surface area contributed by atoms with Gasteiger partial charge in [0.15, 0.2) is 0 Å². The van der Waals surface area contributed by atoms with Crippen LogP contribution in [0.15, 0.2) is 12.1 Å². The Morgan fingerprint density at radius 3 is 3.06 bits per heavy atom. The third-order valence-corrected chi connectivity index (χ3v) is 3.87. The average Bonchev–Trinajstić information content (AvgIpc) is 2.87. The first-order valence-corrected chi connectivity index (χ1v) is 6.08. The summed E-state index contributed by atoms with van der Waals surface area (Å²) in [5.41, 5.74) is 0. The van der Waals surface area contributed by atoms with Crippen LogP contribution in [-0.4, -0.2) is 42.3 Å². The number of carbonyl (C=O) groups is 1. The summed E-state index contributed by atoms with van der Waals surface area (Å²) in [6, 6.07) is 3.57. The van der Waals surface area contributed by atoms with Crippen LogP contribution in [0, 0.1) is 0 Å². The van der Waals surface area contributed by atoms with Crippen molar-refractivity contribution >= 4 is 17.3 Å². The van der Waals surface area contributed by atoms with Gasteiger partial charge in [-0.05, 0) is 18.6 Å². The van der Waals surface area contributed by atoms with Gasteiger partial charge in [-0.15, -0.1) is 11.3 Å². The van der Waals surface area contributed by atoms with Gasteiger partial charge in [-0.1, -0.05) is 0 Å². The predicted molar refractivity (Wildman–Crippen MR) is 62.0 cm³/mol. The van der Waals surface area contributed by atoms with Crippen LogP contribution in [0.5, 0.6) is 0 Å². The molecule has 1 aromatic rings. The minimum absolute atomic E-state index is 0.332. The fraction of sp³-hybridized carbons (Fsp3) is 0.545. The maximum atomic E-state index is 10.7. The third kappa shape index (κ3) is 2.61. The van der Waals surface area contributed by atoms with E-state index in [0.29, 0.717) is 11.0 Å². The molecule has 0 saturated carbocycles. The first-order chi connectivity index (χ1) is 7.69. The van der Waals surface area contributed by atoms with Crippen molar-refractivity contribution in [3.63, 3.8) is 0 Å². The fourth-order valence-corrected chi connectivity index (χ4v) is 2.82. The van der Waals surface area contributed by atoms with E-state index in [1.54, 1.807) is 13.2 Å². The predicted octanol–water partition coefficient (Wildman–Crippen LogP) is 1.67. The Morgan fingerprint density at radius 1 is 1.69 bits per heavy atom. The lowest BCUT2D eigenvalue weighted by molar-refractivity contribution is 0.0702. The van der Waals surface area contributed by atoms with E-state index in [9.17, 15) is 4.79 Å². The molecule has 1 aliphatic rings. The second kappa shape index (κ2) is 4.95. The Labute approximate surface area is 98.4 Å². The molecular weight excluding hydrogens is 226 g/mol. The summed E-state index contributed by atoms with van der Waals surface area (Å²) in [7, 11) is 1.74. The van der Waals surface area contributed by atoms with E-state index in [1.165, 1.54) is 11.3 Å². The molecule has 1 atom stereocenters. The Morgan fingerprint density at radius 2 is 2.50 bits per heavy atom. The third-order valence-electron chi connectivity index (χ3n) is 2.81. The lowest BCUT2D eigenvalue weighted by Crippen LogP contribution is -2.21. The quantitative estimate of drug-likeness (QED) is 0.871. The van der Waals surface area contributed by atoms with Crippen molar-refractivity contribution in [1.29, 1.82) is 0 Å². The van der Waals surface area contributed by atoms with Gasteiger partial charge in [-0.3, -0.25) is 4.90 Å². The number of thiophene rings is 1. The lowest BCUT2D eigenvalue weighted by Gasteiger charge is -2.13. The van der Waals surface area contributed by atoms with Gasteiger partial charge >= 0.3 is 5.97 Å². The van der Waals surface area contributed by atoms with E-state index >= 15 is 0 Å². The highest BCUT2D eigenvalue weighted by molar-refractivity contribution is 7.13. The molecule has 0 aliphatic carbocycles. The van der Waals surface area contributed by atoms with Crippen molar-refractivity contribution in [2.45, 2.75) is 19.1 Å². The molecule has 1 saturated heterocycles. The maximum Gasteiger partial charge on any atom is 0.345 e. The second-order valence-electron chi connectivity index (χ2n) is 3.95. The molecule has 16 heavy (non-hydrogen) atoms. The Balaban J connectivity index is 1.92.